The summed E-state index contributed by atoms with van der Waals surface area (Å²) in [6.45, 7) is 8.39. The molecular weight excluding hydrogens is 492 g/mol. The van der Waals surface area contributed by atoms with Gasteiger partial charge in [-0.15, -0.1) is 0 Å². The number of benzene rings is 2. The Bertz CT molecular complexity index is 1250. The molecule has 1 aromatic heterocycles. The smallest absolute Gasteiger partial charge is 0.260 e. The van der Waals surface area contributed by atoms with Crippen LogP contribution in [0.25, 0.3) is 10.2 Å². The van der Waals surface area contributed by atoms with E-state index in [4.69, 9.17) is 4.98 Å². The second-order valence-corrected chi connectivity index (χ2v) is 12.1. The molecule has 1 amide bonds. The summed E-state index contributed by atoms with van der Waals surface area (Å²) in [6.07, 6.45) is 3.24. The van der Waals surface area contributed by atoms with Crippen molar-refractivity contribution in [1.29, 1.82) is 0 Å². The van der Waals surface area contributed by atoms with Crippen LogP contribution in [0.3, 0.4) is 0 Å². The molecule has 0 saturated heterocycles. The molecule has 1 heterocycles. The van der Waals surface area contributed by atoms with Crippen molar-refractivity contribution in [2.24, 2.45) is 0 Å². The van der Waals surface area contributed by atoms with Gasteiger partial charge in [-0.25, -0.2) is 13.4 Å². The average molecular weight is 531 g/mol. The highest BCUT2D eigenvalue weighted by Gasteiger charge is 2.25. The lowest BCUT2D eigenvalue weighted by Crippen LogP contribution is -2.34. The maximum atomic E-state index is 13.6. The number of carbonyl (C=O) groups is 1. The SMILES string of the molecule is CCCN(CCC)S(=O)(=O)c1ccc(C(=O)N(CCCN(C)C)c2nc3ccc(CC)cc3s2)cc1. The highest BCUT2D eigenvalue weighted by molar-refractivity contribution is 7.89. The van der Waals surface area contributed by atoms with Crippen molar-refractivity contribution in [1.82, 2.24) is 14.2 Å². The third-order valence-electron chi connectivity index (χ3n) is 6.00. The molecular formula is C27H38N4O3S2. The van der Waals surface area contributed by atoms with E-state index in [2.05, 4.69) is 24.0 Å². The molecule has 0 N–H and O–H groups in total. The Labute approximate surface area is 219 Å². The van der Waals surface area contributed by atoms with E-state index < -0.39 is 10.0 Å². The molecule has 7 nitrogen and oxygen atoms in total. The van der Waals surface area contributed by atoms with Crippen LogP contribution in [0, 0.1) is 0 Å². The first-order valence-electron chi connectivity index (χ1n) is 12.7. The van der Waals surface area contributed by atoms with Gasteiger partial charge in [0.1, 0.15) is 0 Å². The summed E-state index contributed by atoms with van der Waals surface area (Å²) in [5.41, 5.74) is 2.57. The fraction of sp³-hybridized carbons (Fsp3) is 0.481. The third kappa shape index (κ3) is 6.70. The van der Waals surface area contributed by atoms with Gasteiger partial charge in [-0.05, 0) is 88.3 Å². The lowest BCUT2D eigenvalue weighted by molar-refractivity contribution is 0.0986. The molecule has 0 atom stereocenters. The minimum atomic E-state index is -3.60. The Morgan fingerprint density at radius 1 is 0.917 bits per heavy atom. The van der Waals surface area contributed by atoms with Crippen LogP contribution in [0.1, 0.15) is 56.0 Å². The number of thiazole rings is 1. The fourth-order valence-electron chi connectivity index (χ4n) is 4.05. The second-order valence-electron chi connectivity index (χ2n) is 9.19. The van der Waals surface area contributed by atoms with Crippen molar-refractivity contribution in [3.8, 4) is 0 Å². The molecule has 0 fully saturated rings. The van der Waals surface area contributed by atoms with Crippen molar-refractivity contribution in [2.75, 3.05) is 45.2 Å². The topological polar surface area (TPSA) is 73.8 Å². The maximum absolute atomic E-state index is 13.6. The van der Waals surface area contributed by atoms with Gasteiger partial charge in [-0.2, -0.15) is 4.31 Å². The summed E-state index contributed by atoms with van der Waals surface area (Å²) < 4.78 is 28.8. The maximum Gasteiger partial charge on any atom is 0.260 e. The Morgan fingerprint density at radius 3 is 2.17 bits per heavy atom. The van der Waals surface area contributed by atoms with Crippen LogP contribution < -0.4 is 4.90 Å². The van der Waals surface area contributed by atoms with Gasteiger partial charge in [0.2, 0.25) is 10.0 Å². The summed E-state index contributed by atoms with van der Waals surface area (Å²) in [6, 6.07) is 12.5. The lowest BCUT2D eigenvalue weighted by atomic mass is 10.2. The molecule has 9 heteroatoms. The van der Waals surface area contributed by atoms with E-state index >= 15 is 0 Å². The molecule has 0 radical (unpaired) electrons. The minimum absolute atomic E-state index is 0.175. The summed E-state index contributed by atoms with van der Waals surface area (Å²) in [5, 5.41) is 0.663. The van der Waals surface area contributed by atoms with E-state index in [-0.39, 0.29) is 10.8 Å². The van der Waals surface area contributed by atoms with Gasteiger partial charge in [0.25, 0.3) is 5.91 Å². The number of anilines is 1. The summed E-state index contributed by atoms with van der Waals surface area (Å²) in [4.78, 5) is 22.4. The number of hydrogen-bond donors (Lipinski definition) is 0. The number of nitrogens with zero attached hydrogens (tertiary/aromatic N) is 4. The predicted octanol–water partition coefficient (Wildman–Crippen LogP) is 5.27. The monoisotopic (exact) mass is 530 g/mol. The molecule has 196 valence electrons. The van der Waals surface area contributed by atoms with Gasteiger partial charge in [0, 0.05) is 25.2 Å². The van der Waals surface area contributed by atoms with Crippen molar-refractivity contribution >= 4 is 42.6 Å². The van der Waals surface area contributed by atoms with Crippen molar-refractivity contribution in [3.05, 3.63) is 53.6 Å². The quantitative estimate of drug-likeness (QED) is 0.301. The van der Waals surface area contributed by atoms with Crippen molar-refractivity contribution in [2.45, 2.75) is 51.3 Å². The van der Waals surface area contributed by atoms with Gasteiger partial charge in [0.05, 0.1) is 15.1 Å². The highest BCUT2D eigenvalue weighted by Crippen LogP contribution is 2.31. The first-order chi connectivity index (χ1) is 17.2. The molecule has 0 aliphatic heterocycles. The Kier molecular flexibility index (Phi) is 10.0. The number of carbonyl (C=O) groups excluding carboxylic acids is 1. The summed E-state index contributed by atoms with van der Waals surface area (Å²) >= 11 is 1.52. The first-order valence-corrected chi connectivity index (χ1v) is 14.9. The van der Waals surface area contributed by atoms with Crippen LogP contribution >= 0.6 is 11.3 Å². The molecule has 2 aromatic carbocycles. The van der Waals surface area contributed by atoms with E-state index in [1.807, 2.05) is 34.0 Å². The molecule has 3 aromatic rings. The van der Waals surface area contributed by atoms with Gasteiger partial charge >= 0.3 is 0 Å². The highest BCUT2D eigenvalue weighted by atomic mass is 32.2. The predicted molar refractivity (Wildman–Crippen MR) is 150 cm³/mol. The van der Waals surface area contributed by atoms with E-state index in [0.717, 1.165) is 42.4 Å². The van der Waals surface area contributed by atoms with Crippen molar-refractivity contribution < 1.29 is 13.2 Å². The van der Waals surface area contributed by atoms with Crippen LogP contribution in [0.4, 0.5) is 5.13 Å². The molecule has 0 aliphatic rings. The standard InChI is InChI=1S/C27H38N4O3S2/c1-6-16-30(17-7-2)36(33,34)23-13-11-22(12-14-23)26(32)31(19-9-18-29(4)5)27-28-24-15-10-21(8-3)20-25(24)35-27/h10-15,20H,6-9,16-19H2,1-5H3. The van der Waals surface area contributed by atoms with Crippen molar-refractivity contribution in [3.63, 3.8) is 0 Å². The molecule has 0 aliphatic carbocycles. The van der Waals surface area contributed by atoms with Crippen LogP contribution in [0.15, 0.2) is 47.4 Å². The number of rotatable bonds is 13. The van der Waals surface area contributed by atoms with Crippen LogP contribution in [0.5, 0.6) is 0 Å². The van der Waals surface area contributed by atoms with E-state index in [1.165, 1.54) is 21.2 Å². The zero-order valence-corrected chi connectivity index (χ0v) is 23.7. The lowest BCUT2D eigenvalue weighted by Gasteiger charge is -2.22. The molecule has 3 rings (SSSR count). The first kappa shape index (κ1) is 28.2. The Balaban J connectivity index is 1.91. The molecule has 0 spiro atoms. The largest absolute Gasteiger partial charge is 0.309 e. The molecule has 0 saturated carbocycles. The van der Waals surface area contributed by atoms with Crippen LogP contribution in [-0.4, -0.2) is 68.8 Å². The summed E-state index contributed by atoms with van der Waals surface area (Å²) in [5.74, 6) is -0.175. The third-order valence-corrected chi connectivity index (χ3v) is 8.95. The van der Waals surface area contributed by atoms with E-state index in [9.17, 15) is 13.2 Å². The van der Waals surface area contributed by atoms with E-state index in [0.29, 0.717) is 30.3 Å². The number of aromatic nitrogens is 1. The number of fused-ring (bicyclic) bond motifs is 1. The molecule has 0 bridgehead atoms. The number of sulfonamides is 1. The number of aryl methyl sites for hydroxylation is 1. The van der Waals surface area contributed by atoms with Gasteiger partial charge in [-0.1, -0.05) is 38.2 Å². The Morgan fingerprint density at radius 2 is 1.58 bits per heavy atom. The second kappa shape index (κ2) is 12.8. The summed E-state index contributed by atoms with van der Waals surface area (Å²) in [7, 11) is 0.424. The Hall–Kier alpha value is -2.33. The van der Waals surface area contributed by atoms with Gasteiger partial charge in [-0.3, -0.25) is 9.69 Å². The van der Waals surface area contributed by atoms with Gasteiger partial charge < -0.3 is 4.90 Å². The molecule has 36 heavy (non-hydrogen) atoms. The number of amides is 1. The zero-order valence-electron chi connectivity index (χ0n) is 22.0. The fourth-order valence-corrected chi connectivity index (χ4v) is 6.72. The van der Waals surface area contributed by atoms with Crippen LogP contribution in [0.2, 0.25) is 0 Å². The number of hydrogen-bond acceptors (Lipinski definition) is 6. The molecule has 0 unspecified atom stereocenters. The average Bonchev–Trinajstić information content (AvgIpc) is 3.29. The van der Waals surface area contributed by atoms with Crippen LogP contribution in [-0.2, 0) is 16.4 Å². The van der Waals surface area contributed by atoms with E-state index in [1.54, 1.807) is 29.2 Å². The minimum Gasteiger partial charge on any atom is -0.309 e. The van der Waals surface area contributed by atoms with Gasteiger partial charge in [0.15, 0.2) is 5.13 Å². The zero-order chi connectivity index (χ0) is 26.3. The normalized spacial score (nSPS) is 12.1.